The first-order valence-corrected chi connectivity index (χ1v) is 7.65. The number of hydrogen-bond donors (Lipinski definition) is 1. The van der Waals surface area contributed by atoms with Gasteiger partial charge in [-0.25, -0.2) is 0 Å². The van der Waals surface area contributed by atoms with E-state index in [-0.39, 0.29) is 0 Å². The number of hydrogen-bond acceptors (Lipinski definition) is 2. The molecule has 1 atom stereocenters. The van der Waals surface area contributed by atoms with Crippen molar-refractivity contribution in [2.24, 2.45) is 5.92 Å². The Kier molecular flexibility index (Phi) is 5.07. The summed E-state index contributed by atoms with van der Waals surface area (Å²) in [6.45, 7) is 6.15. The molecule has 3 heteroatoms. The number of ether oxygens (including phenoxy) is 1. The molecule has 1 unspecified atom stereocenters. The van der Waals surface area contributed by atoms with Crippen LogP contribution >= 0.6 is 15.9 Å². The summed E-state index contributed by atoms with van der Waals surface area (Å²) >= 11 is 3.52. The smallest absolute Gasteiger partial charge is 0.125 e. The van der Waals surface area contributed by atoms with Gasteiger partial charge in [0.05, 0.1) is 6.61 Å². The van der Waals surface area contributed by atoms with Gasteiger partial charge in [0.1, 0.15) is 5.75 Å². The summed E-state index contributed by atoms with van der Waals surface area (Å²) < 4.78 is 7.10. The summed E-state index contributed by atoms with van der Waals surface area (Å²) in [6.07, 6.45) is 4.02. The van der Waals surface area contributed by atoms with E-state index in [1.54, 1.807) is 0 Å². The summed E-state index contributed by atoms with van der Waals surface area (Å²) in [5, 5.41) is 3.44. The van der Waals surface area contributed by atoms with Crippen LogP contribution in [0.25, 0.3) is 0 Å². The third kappa shape index (κ3) is 3.48. The second-order valence-electron chi connectivity index (χ2n) is 5.07. The van der Waals surface area contributed by atoms with Gasteiger partial charge in [-0.05, 0) is 44.4 Å². The highest BCUT2D eigenvalue weighted by atomic mass is 79.9. The maximum absolute atomic E-state index is 6.02. The molecule has 1 saturated carbocycles. The average Bonchev–Trinajstić information content (AvgIpc) is 2.27. The first-order chi connectivity index (χ1) is 8.70. The zero-order valence-corrected chi connectivity index (χ0v) is 12.8. The van der Waals surface area contributed by atoms with Crippen LogP contribution in [0.3, 0.4) is 0 Å². The highest BCUT2D eigenvalue weighted by Gasteiger charge is 2.19. The summed E-state index contributed by atoms with van der Waals surface area (Å²) in [5.74, 6) is 1.79. The predicted octanol–water partition coefficient (Wildman–Crippen LogP) is 4.30. The molecule has 1 aromatic rings. The van der Waals surface area contributed by atoms with Crippen molar-refractivity contribution in [1.82, 2.24) is 5.32 Å². The Bertz CT molecular complexity index is 390. The number of benzene rings is 1. The zero-order valence-electron chi connectivity index (χ0n) is 11.2. The van der Waals surface area contributed by atoms with Crippen molar-refractivity contribution in [3.63, 3.8) is 0 Å². The Morgan fingerprint density at radius 3 is 2.83 bits per heavy atom. The van der Waals surface area contributed by atoms with E-state index in [2.05, 4.69) is 53.3 Å². The molecule has 0 spiro atoms. The van der Waals surface area contributed by atoms with E-state index in [4.69, 9.17) is 4.74 Å². The van der Waals surface area contributed by atoms with Crippen LogP contribution in [0, 0.1) is 5.92 Å². The largest absolute Gasteiger partial charge is 0.493 e. The van der Waals surface area contributed by atoms with Gasteiger partial charge in [0.25, 0.3) is 0 Å². The molecule has 1 aromatic carbocycles. The SMILES string of the molecule is CCNC(C)c1ccc(Br)cc1OCC1CCC1. The van der Waals surface area contributed by atoms with Gasteiger partial charge in [0, 0.05) is 16.1 Å². The Hall–Kier alpha value is -0.540. The number of halogens is 1. The summed E-state index contributed by atoms with van der Waals surface area (Å²) in [7, 11) is 0. The second kappa shape index (κ2) is 6.58. The van der Waals surface area contributed by atoms with Crippen LogP contribution < -0.4 is 10.1 Å². The maximum atomic E-state index is 6.02. The van der Waals surface area contributed by atoms with Gasteiger partial charge in [0.2, 0.25) is 0 Å². The van der Waals surface area contributed by atoms with E-state index in [1.165, 1.54) is 24.8 Å². The average molecular weight is 312 g/mol. The van der Waals surface area contributed by atoms with E-state index in [1.807, 2.05) is 0 Å². The first kappa shape index (κ1) is 13.9. The topological polar surface area (TPSA) is 21.3 Å². The molecule has 1 N–H and O–H groups in total. The Morgan fingerprint density at radius 1 is 1.44 bits per heavy atom. The maximum Gasteiger partial charge on any atom is 0.125 e. The Balaban J connectivity index is 2.06. The van der Waals surface area contributed by atoms with Crippen molar-refractivity contribution in [2.75, 3.05) is 13.2 Å². The molecule has 2 nitrogen and oxygen atoms in total. The van der Waals surface area contributed by atoms with E-state index in [0.29, 0.717) is 6.04 Å². The molecule has 0 heterocycles. The zero-order chi connectivity index (χ0) is 13.0. The van der Waals surface area contributed by atoms with Crippen LogP contribution in [0.4, 0.5) is 0 Å². The minimum atomic E-state index is 0.333. The molecule has 1 aliphatic carbocycles. The van der Waals surface area contributed by atoms with Gasteiger partial charge in [0.15, 0.2) is 0 Å². The number of rotatable bonds is 6. The lowest BCUT2D eigenvalue weighted by molar-refractivity contribution is 0.178. The van der Waals surface area contributed by atoms with Crippen LogP contribution in [0.1, 0.15) is 44.7 Å². The first-order valence-electron chi connectivity index (χ1n) is 6.86. The molecule has 0 aromatic heterocycles. The standard InChI is InChI=1S/C15H22BrNO/c1-3-17-11(2)14-8-7-13(16)9-15(14)18-10-12-5-4-6-12/h7-9,11-12,17H,3-6,10H2,1-2H3. The normalized spacial score (nSPS) is 17.3. The van der Waals surface area contributed by atoms with Crippen molar-refractivity contribution in [2.45, 2.75) is 39.2 Å². The molecule has 0 bridgehead atoms. The van der Waals surface area contributed by atoms with Gasteiger partial charge >= 0.3 is 0 Å². The lowest BCUT2D eigenvalue weighted by Crippen LogP contribution is -2.22. The van der Waals surface area contributed by atoms with Gasteiger partial charge in [-0.2, -0.15) is 0 Å². The second-order valence-corrected chi connectivity index (χ2v) is 5.99. The van der Waals surface area contributed by atoms with Crippen molar-refractivity contribution in [3.8, 4) is 5.75 Å². The van der Waals surface area contributed by atoms with Crippen LogP contribution in [0.5, 0.6) is 5.75 Å². The molecule has 18 heavy (non-hydrogen) atoms. The predicted molar refractivity (Wildman–Crippen MR) is 79.1 cm³/mol. The molecule has 2 rings (SSSR count). The minimum absolute atomic E-state index is 0.333. The molecular weight excluding hydrogens is 290 g/mol. The van der Waals surface area contributed by atoms with Crippen molar-refractivity contribution in [1.29, 1.82) is 0 Å². The molecule has 0 aliphatic heterocycles. The Labute approximate surface area is 118 Å². The fraction of sp³-hybridized carbons (Fsp3) is 0.600. The minimum Gasteiger partial charge on any atom is -0.493 e. The van der Waals surface area contributed by atoms with Crippen LogP contribution in [-0.2, 0) is 0 Å². The van der Waals surface area contributed by atoms with Crippen LogP contribution in [0.15, 0.2) is 22.7 Å². The van der Waals surface area contributed by atoms with Crippen LogP contribution in [-0.4, -0.2) is 13.2 Å². The molecule has 0 radical (unpaired) electrons. The molecule has 0 amide bonds. The highest BCUT2D eigenvalue weighted by molar-refractivity contribution is 9.10. The van der Waals surface area contributed by atoms with E-state index in [0.717, 1.165) is 29.3 Å². The van der Waals surface area contributed by atoms with Crippen molar-refractivity contribution < 1.29 is 4.74 Å². The van der Waals surface area contributed by atoms with E-state index < -0.39 is 0 Å². The van der Waals surface area contributed by atoms with Gasteiger partial charge in [-0.15, -0.1) is 0 Å². The molecular formula is C15H22BrNO. The Morgan fingerprint density at radius 2 is 2.22 bits per heavy atom. The fourth-order valence-electron chi connectivity index (χ4n) is 2.27. The third-order valence-corrected chi connectivity index (χ3v) is 4.14. The van der Waals surface area contributed by atoms with Gasteiger partial charge in [-0.1, -0.05) is 35.3 Å². The summed E-state index contributed by atoms with van der Waals surface area (Å²) in [4.78, 5) is 0. The quantitative estimate of drug-likeness (QED) is 0.845. The molecule has 1 fully saturated rings. The van der Waals surface area contributed by atoms with Gasteiger partial charge < -0.3 is 10.1 Å². The highest BCUT2D eigenvalue weighted by Crippen LogP contribution is 2.31. The van der Waals surface area contributed by atoms with Gasteiger partial charge in [-0.3, -0.25) is 0 Å². The van der Waals surface area contributed by atoms with Crippen molar-refractivity contribution in [3.05, 3.63) is 28.2 Å². The van der Waals surface area contributed by atoms with E-state index in [9.17, 15) is 0 Å². The lowest BCUT2D eigenvalue weighted by atomic mass is 9.86. The molecule has 100 valence electrons. The fourth-order valence-corrected chi connectivity index (χ4v) is 2.61. The third-order valence-electron chi connectivity index (χ3n) is 3.65. The monoisotopic (exact) mass is 311 g/mol. The van der Waals surface area contributed by atoms with Crippen molar-refractivity contribution >= 4 is 15.9 Å². The summed E-state index contributed by atoms with van der Waals surface area (Å²) in [6, 6.07) is 6.65. The molecule has 0 saturated heterocycles. The van der Waals surface area contributed by atoms with Crippen LogP contribution in [0.2, 0.25) is 0 Å². The van der Waals surface area contributed by atoms with E-state index >= 15 is 0 Å². The molecule has 1 aliphatic rings. The summed E-state index contributed by atoms with van der Waals surface area (Å²) in [5.41, 5.74) is 1.25. The number of nitrogens with one attached hydrogen (secondary N) is 1. The lowest BCUT2D eigenvalue weighted by Gasteiger charge is -2.26.